The lowest BCUT2D eigenvalue weighted by Gasteiger charge is -1.99. The molecule has 0 aliphatic heterocycles. The van der Waals surface area contributed by atoms with E-state index in [1.54, 1.807) is 17.1 Å². The largest absolute Gasteiger partial charge is 0.325 e. The monoisotopic (exact) mass is 212 g/mol. The van der Waals surface area contributed by atoms with Gasteiger partial charge >= 0.3 is 0 Å². The molecule has 0 amide bonds. The number of aromatic nitrogens is 3. The molecule has 0 fully saturated rings. The molecule has 80 valence electrons. The maximum atomic E-state index is 8.96. The number of aryl methyl sites for hydroxylation is 3. The molecule has 2 aromatic rings. The van der Waals surface area contributed by atoms with E-state index >= 15 is 0 Å². The number of nitrogens with zero attached hydrogens (tertiary/aromatic N) is 4. The highest BCUT2D eigenvalue weighted by Gasteiger charge is 2.07. The lowest BCUT2D eigenvalue weighted by molar-refractivity contribution is 0.882. The Morgan fingerprint density at radius 3 is 3.00 bits per heavy atom. The van der Waals surface area contributed by atoms with E-state index in [1.165, 1.54) is 0 Å². The number of pyridine rings is 1. The van der Waals surface area contributed by atoms with Crippen molar-refractivity contribution in [1.82, 2.24) is 14.5 Å². The van der Waals surface area contributed by atoms with Crippen LogP contribution in [0.1, 0.15) is 17.0 Å². The third kappa shape index (κ3) is 2.09. The standard InChI is InChI=1S/C12H12N4/c1-16-9-15-11(12(16)7-13)5-4-10-3-2-6-14-8-10/h2-3,6,8-9H,4-5H2,1H3. The Bertz CT molecular complexity index is 508. The SMILES string of the molecule is Cn1cnc(CCc2cccnc2)c1C#N. The zero-order chi connectivity index (χ0) is 11.4. The second-order valence-electron chi connectivity index (χ2n) is 3.62. The molecule has 16 heavy (non-hydrogen) atoms. The fourth-order valence-electron chi connectivity index (χ4n) is 1.61. The van der Waals surface area contributed by atoms with Gasteiger partial charge in [0.2, 0.25) is 0 Å². The molecule has 0 saturated carbocycles. The summed E-state index contributed by atoms with van der Waals surface area (Å²) in [6.45, 7) is 0. The molecule has 0 unspecified atom stereocenters. The number of hydrogen-bond acceptors (Lipinski definition) is 3. The minimum absolute atomic E-state index is 0.642. The summed E-state index contributed by atoms with van der Waals surface area (Å²) >= 11 is 0. The van der Waals surface area contributed by atoms with Crippen LogP contribution in [0.25, 0.3) is 0 Å². The molecule has 0 bridgehead atoms. The van der Waals surface area contributed by atoms with Crippen molar-refractivity contribution in [2.24, 2.45) is 7.05 Å². The van der Waals surface area contributed by atoms with Crippen molar-refractivity contribution in [3.05, 3.63) is 47.8 Å². The van der Waals surface area contributed by atoms with Gasteiger partial charge in [-0.2, -0.15) is 5.26 Å². The van der Waals surface area contributed by atoms with Crippen LogP contribution in [0.4, 0.5) is 0 Å². The van der Waals surface area contributed by atoms with Crippen molar-refractivity contribution < 1.29 is 0 Å². The molecule has 0 aromatic carbocycles. The third-order valence-electron chi connectivity index (χ3n) is 2.49. The maximum absolute atomic E-state index is 8.96. The Hall–Kier alpha value is -2.15. The normalized spacial score (nSPS) is 10.0. The van der Waals surface area contributed by atoms with Gasteiger partial charge in [-0.3, -0.25) is 4.98 Å². The first-order valence-corrected chi connectivity index (χ1v) is 5.10. The van der Waals surface area contributed by atoms with Crippen molar-refractivity contribution in [1.29, 1.82) is 5.26 Å². The second-order valence-corrected chi connectivity index (χ2v) is 3.62. The summed E-state index contributed by atoms with van der Waals surface area (Å²) in [5, 5.41) is 8.96. The summed E-state index contributed by atoms with van der Waals surface area (Å²) in [6, 6.07) is 6.11. The van der Waals surface area contributed by atoms with Crippen molar-refractivity contribution in [2.75, 3.05) is 0 Å². The lowest BCUT2D eigenvalue weighted by atomic mass is 10.1. The minimum Gasteiger partial charge on any atom is -0.325 e. The van der Waals surface area contributed by atoms with Crippen molar-refractivity contribution in [3.8, 4) is 6.07 Å². The highest BCUT2D eigenvalue weighted by molar-refractivity contribution is 5.27. The Labute approximate surface area is 94.2 Å². The number of imidazole rings is 1. The lowest BCUT2D eigenvalue weighted by Crippen LogP contribution is -1.97. The van der Waals surface area contributed by atoms with Crippen LogP contribution in [0.2, 0.25) is 0 Å². The molecule has 2 rings (SSSR count). The van der Waals surface area contributed by atoms with Gasteiger partial charge in [-0.25, -0.2) is 4.98 Å². The summed E-state index contributed by atoms with van der Waals surface area (Å²) in [7, 11) is 1.83. The number of rotatable bonds is 3. The molecule has 0 aliphatic rings. The highest BCUT2D eigenvalue weighted by Crippen LogP contribution is 2.08. The van der Waals surface area contributed by atoms with E-state index in [2.05, 4.69) is 16.0 Å². The van der Waals surface area contributed by atoms with Crippen LogP contribution >= 0.6 is 0 Å². The van der Waals surface area contributed by atoms with E-state index < -0.39 is 0 Å². The van der Waals surface area contributed by atoms with Gasteiger partial charge < -0.3 is 4.57 Å². The molecular formula is C12H12N4. The van der Waals surface area contributed by atoms with Gasteiger partial charge in [0.1, 0.15) is 11.8 Å². The average molecular weight is 212 g/mol. The molecule has 4 nitrogen and oxygen atoms in total. The minimum atomic E-state index is 0.642. The third-order valence-corrected chi connectivity index (χ3v) is 2.49. The van der Waals surface area contributed by atoms with Crippen molar-refractivity contribution >= 4 is 0 Å². The first-order valence-electron chi connectivity index (χ1n) is 5.10. The Kier molecular flexibility index (Phi) is 2.97. The van der Waals surface area contributed by atoms with Crippen LogP contribution in [0.3, 0.4) is 0 Å². The zero-order valence-electron chi connectivity index (χ0n) is 9.09. The van der Waals surface area contributed by atoms with E-state index in [0.717, 1.165) is 24.1 Å². The Balaban J connectivity index is 2.09. The van der Waals surface area contributed by atoms with Gasteiger partial charge in [-0.1, -0.05) is 6.07 Å². The van der Waals surface area contributed by atoms with Crippen LogP contribution in [-0.2, 0) is 19.9 Å². The van der Waals surface area contributed by atoms with E-state index in [9.17, 15) is 0 Å². The van der Waals surface area contributed by atoms with E-state index in [4.69, 9.17) is 5.26 Å². The van der Waals surface area contributed by atoms with Gasteiger partial charge in [-0.15, -0.1) is 0 Å². The summed E-state index contributed by atoms with van der Waals surface area (Å²) in [5.41, 5.74) is 2.66. The van der Waals surface area contributed by atoms with E-state index in [1.807, 2.05) is 25.4 Å². The second kappa shape index (κ2) is 4.58. The number of hydrogen-bond donors (Lipinski definition) is 0. The van der Waals surface area contributed by atoms with Crippen molar-refractivity contribution in [3.63, 3.8) is 0 Å². The molecule has 0 saturated heterocycles. The van der Waals surface area contributed by atoms with Crippen molar-refractivity contribution in [2.45, 2.75) is 12.8 Å². The fraction of sp³-hybridized carbons (Fsp3) is 0.250. The zero-order valence-corrected chi connectivity index (χ0v) is 9.09. The van der Waals surface area contributed by atoms with Gasteiger partial charge in [0, 0.05) is 19.4 Å². The molecule has 0 radical (unpaired) electrons. The molecular weight excluding hydrogens is 200 g/mol. The quantitative estimate of drug-likeness (QED) is 0.774. The van der Waals surface area contributed by atoms with Gasteiger partial charge in [0.25, 0.3) is 0 Å². The van der Waals surface area contributed by atoms with Gasteiger partial charge in [-0.05, 0) is 24.5 Å². The molecule has 0 atom stereocenters. The molecule has 2 heterocycles. The first kappa shape index (κ1) is 10.4. The van der Waals surface area contributed by atoms with Gasteiger partial charge in [0.15, 0.2) is 0 Å². The van der Waals surface area contributed by atoms with Crippen LogP contribution in [0.15, 0.2) is 30.9 Å². The molecule has 0 aliphatic carbocycles. The molecule has 0 spiro atoms. The summed E-state index contributed by atoms with van der Waals surface area (Å²) in [5.74, 6) is 0. The fourth-order valence-corrected chi connectivity index (χ4v) is 1.61. The molecule has 4 heteroatoms. The summed E-state index contributed by atoms with van der Waals surface area (Å²) in [4.78, 5) is 8.28. The van der Waals surface area contributed by atoms with Gasteiger partial charge in [0.05, 0.1) is 12.0 Å². The smallest absolute Gasteiger partial charge is 0.142 e. The van der Waals surface area contributed by atoms with Crippen LogP contribution < -0.4 is 0 Å². The van der Waals surface area contributed by atoms with Crippen LogP contribution in [0, 0.1) is 11.3 Å². The number of nitriles is 1. The maximum Gasteiger partial charge on any atom is 0.142 e. The Morgan fingerprint density at radius 1 is 1.44 bits per heavy atom. The van der Waals surface area contributed by atoms with E-state index in [-0.39, 0.29) is 0 Å². The van der Waals surface area contributed by atoms with E-state index in [0.29, 0.717) is 5.69 Å². The average Bonchev–Trinajstić information content (AvgIpc) is 2.68. The predicted octanol–water partition coefficient (Wildman–Crippen LogP) is 1.47. The van der Waals surface area contributed by atoms with Crippen LogP contribution in [-0.4, -0.2) is 14.5 Å². The Morgan fingerprint density at radius 2 is 2.31 bits per heavy atom. The molecule has 2 aromatic heterocycles. The molecule has 0 N–H and O–H groups in total. The highest BCUT2D eigenvalue weighted by atomic mass is 15.0. The summed E-state index contributed by atoms with van der Waals surface area (Å²) < 4.78 is 1.75. The topological polar surface area (TPSA) is 54.5 Å². The first-order chi connectivity index (χ1) is 7.81. The predicted molar refractivity (Wildman–Crippen MR) is 59.6 cm³/mol. The van der Waals surface area contributed by atoms with Crippen LogP contribution in [0.5, 0.6) is 0 Å². The summed E-state index contributed by atoms with van der Waals surface area (Å²) in [6.07, 6.45) is 6.91.